The van der Waals surface area contributed by atoms with Gasteiger partial charge in [0.1, 0.15) is 12.4 Å². The Hall–Kier alpha value is -1.91. The summed E-state index contributed by atoms with van der Waals surface area (Å²) < 4.78 is 5.88. The molecular formula is C18H14ClNO2S. The van der Waals surface area contributed by atoms with Crippen LogP contribution in [0.4, 0.5) is 0 Å². The highest BCUT2D eigenvalue weighted by atomic mass is 35.5. The number of thioether (sulfide) groups is 1. The van der Waals surface area contributed by atoms with Crippen LogP contribution < -0.4 is 4.74 Å². The molecule has 1 aromatic heterocycles. The van der Waals surface area contributed by atoms with Crippen LogP contribution in [0.2, 0.25) is 5.02 Å². The Kier molecular flexibility index (Phi) is 3.79. The third-order valence-corrected chi connectivity index (χ3v) is 5.26. The van der Waals surface area contributed by atoms with E-state index in [0.29, 0.717) is 11.6 Å². The van der Waals surface area contributed by atoms with Crippen LogP contribution in [0.5, 0.6) is 5.75 Å². The number of carbonyl (C=O) groups is 1. The molecular weight excluding hydrogens is 330 g/mol. The van der Waals surface area contributed by atoms with Crippen molar-refractivity contribution in [3.8, 4) is 5.75 Å². The van der Waals surface area contributed by atoms with Gasteiger partial charge in [0, 0.05) is 27.2 Å². The monoisotopic (exact) mass is 343 g/mol. The first-order chi connectivity index (χ1) is 11.2. The largest absolute Gasteiger partial charge is 0.489 e. The van der Waals surface area contributed by atoms with Crippen LogP contribution in [-0.2, 0) is 13.0 Å². The average Bonchev–Trinajstić information content (AvgIpc) is 2.94. The summed E-state index contributed by atoms with van der Waals surface area (Å²) in [6, 6.07) is 13.5. The number of fused-ring (bicyclic) bond motifs is 3. The summed E-state index contributed by atoms with van der Waals surface area (Å²) in [5.74, 6) is 1.62. The molecule has 1 aliphatic heterocycles. The van der Waals surface area contributed by atoms with E-state index in [1.165, 1.54) is 11.8 Å². The van der Waals surface area contributed by atoms with E-state index in [4.69, 9.17) is 16.3 Å². The maximum atomic E-state index is 12.0. The van der Waals surface area contributed by atoms with E-state index >= 15 is 0 Å². The van der Waals surface area contributed by atoms with Gasteiger partial charge in [-0.05, 0) is 36.2 Å². The summed E-state index contributed by atoms with van der Waals surface area (Å²) in [5, 5.41) is 1.90. The molecule has 0 saturated heterocycles. The van der Waals surface area contributed by atoms with Gasteiger partial charge in [-0.3, -0.25) is 4.79 Å². The topological polar surface area (TPSA) is 42.1 Å². The molecule has 0 aliphatic carbocycles. The van der Waals surface area contributed by atoms with Gasteiger partial charge in [-0.15, -0.1) is 0 Å². The number of H-pyrrole nitrogens is 1. The van der Waals surface area contributed by atoms with Gasteiger partial charge in [-0.2, -0.15) is 0 Å². The summed E-state index contributed by atoms with van der Waals surface area (Å²) in [6.07, 6.45) is 0.902. The standard InChI is InChI=1S/C18H14ClNO2S/c19-15-4-2-1-3-11(15)10-22-12-5-6-16-14(9-12)13-7-8-23-18(21)17(13)20-16/h1-6,9,20H,7-8,10H2. The first-order valence-corrected chi connectivity index (χ1v) is 8.76. The molecule has 0 saturated carbocycles. The van der Waals surface area contributed by atoms with Crippen molar-refractivity contribution in [2.24, 2.45) is 0 Å². The summed E-state index contributed by atoms with van der Waals surface area (Å²) in [5.41, 5.74) is 3.78. The van der Waals surface area contributed by atoms with E-state index in [2.05, 4.69) is 4.98 Å². The Labute approximate surface area is 143 Å². The van der Waals surface area contributed by atoms with Crippen molar-refractivity contribution in [3.05, 3.63) is 64.3 Å². The van der Waals surface area contributed by atoms with E-state index < -0.39 is 0 Å². The van der Waals surface area contributed by atoms with E-state index in [1.807, 2.05) is 42.5 Å². The molecule has 0 radical (unpaired) electrons. The highest BCUT2D eigenvalue weighted by Crippen LogP contribution is 2.33. The number of hydrogen-bond acceptors (Lipinski definition) is 3. The van der Waals surface area contributed by atoms with Crippen molar-refractivity contribution < 1.29 is 9.53 Å². The quantitative estimate of drug-likeness (QED) is 0.740. The normalized spacial score (nSPS) is 14.0. The zero-order valence-corrected chi connectivity index (χ0v) is 13.8. The predicted molar refractivity (Wildman–Crippen MR) is 94.6 cm³/mol. The lowest BCUT2D eigenvalue weighted by atomic mass is 10.1. The number of benzene rings is 2. The fourth-order valence-corrected chi connectivity index (χ4v) is 3.85. The third-order valence-electron chi connectivity index (χ3n) is 4.02. The summed E-state index contributed by atoms with van der Waals surface area (Å²) in [4.78, 5) is 15.2. The molecule has 1 aliphatic rings. The smallest absolute Gasteiger partial charge is 0.235 e. The van der Waals surface area contributed by atoms with Gasteiger partial charge in [-0.1, -0.05) is 41.6 Å². The number of nitrogens with one attached hydrogen (secondary N) is 1. The van der Waals surface area contributed by atoms with Gasteiger partial charge in [0.15, 0.2) is 0 Å². The molecule has 23 heavy (non-hydrogen) atoms. The van der Waals surface area contributed by atoms with Gasteiger partial charge in [0.05, 0.1) is 5.69 Å². The number of halogens is 1. The zero-order chi connectivity index (χ0) is 15.8. The van der Waals surface area contributed by atoms with Crippen molar-refractivity contribution in [1.82, 2.24) is 4.98 Å². The Balaban J connectivity index is 1.64. The van der Waals surface area contributed by atoms with Crippen LogP contribution in [0.3, 0.4) is 0 Å². The van der Waals surface area contributed by atoms with E-state index in [-0.39, 0.29) is 5.12 Å². The Morgan fingerprint density at radius 1 is 1.22 bits per heavy atom. The molecule has 116 valence electrons. The molecule has 5 heteroatoms. The SMILES string of the molecule is O=C1SCCc2c1[nH]c1ccc(OCc3ccccc3Cl)cc21. The van der Waals surface area contributed by atoms with E-state index in [0.717, 1.165) is 45.6 Å². The number of ether oxygens (including phenoxy) is 1. The van der Waals surface area contributed by atoms with E-state index in [9.17, 15) is 4.79 Å². The molecule has 2 heterocycles. The highest BCUT2D eigenvalue weighted by molar-refractivity contribution is 8.14. The van der Waals surface area contributed by atoms with Crippen molar-refractivity contribution in [2.45, 2.75) is 13.0 Å². The van der Waals surface area contributed by atoms with Crippen molar-refractivity contribution >= 4 is 39.4 Å². The molecule has 0 amide bonds. The number of carbonyl (C=O) groups excluding carboxylic acids is 1. The van der Waals surface area contributed by atoms with Gasteiger partial charge >= 0.3 is 0 Å². The fraction of sp³-hybridized carbons (Fsp3) is 0.167. The molecule has 1 N–H and O–H groups in total. The molecule has 3 aromatic rings. The van der Waals surface area contributed by atoms with Crippen LogP contribution in [0.15, 0.2) is 42.5 Å². The zero-order valence-electron chi connectivity index (χ0n) is 12.3. The number of aromatic amines is 1. The number of aryl methyl sites for hydroxylation is 1. The number of aromatic nitrogens is 1. The number of hydrogen-bond donors (Lipinski definition) is 1. The van der Waals surface area contributed by atoms with Gasteiger partial charge < -0.3 is 9.72 Å². The lowest BCUT2D eigenvalue weighted by Gasteiger charge is -2.10. The second-order valence-electron chi connectivity index (χ2n) is 5.45. The Morgan fingerprint density at radius 3 is 2.96 bits per heavy atom. The molecule has 0 spiro atoms. The molecule has 3 nitrogen and oxygen atoms in total. The van der Waals surface area contributed by atoms with Gasteiger partial charge in [0.2, 0.25) is 5.12 Å². The van der Waals surface area contributed by atoms with Crippen LogP contribution in [0, 0.1) is 0 Å². The van der Waals surface area contributed by atoms with Crippen molar-refractivity contribution in [2.75, 3.05) is 5.75 Å². The summed E-state index contributed by atoms with van der Waals surface area (Å²) in [7, 11) is 0. The summed E-state index contributed by atoms with van der Waals surface area (Å²) >= 11 is 7.53. The first kappa shape index (κ1) is 14.7. The van der Waals surface area contributed by atoms with Gasteiger partial charge in [-0.25, -0.2) is 0 Å². The molecule has 0 unspecified atom stereocenters. The maximum Gasteiger partial charge on any atom is 0.235 e. The maximum absolute atomic E-state index is 12.0. The molecule has 0 fully saturated rings. The van der Waals surface area contributed by atoms with Crippen molar-refractivity contribution in [1.29, 1.82) is 0 Å². The van der Waals surface area contributed by atoms with Gasteiger partial charge in [0.25, 0.3) is 0 Å². The molecule has 2 aromatic carbocycles. The second kappa shape index (κ2) is 5.95. The van der Waals surface area contributed by atoms with Crippen LogP contribution in [0.1, 0.15) is 21.6 Å². The second-order valence-corrected chi connectivity index (χ2v) is 6.93. The van der Waals surface area contributed by atoms with Crippen LogP contribution in [0.25, 0.3) is 10.9 Å². The minimum absolute atomic E-state index is 0.126. The summed E-state index contributed by atoms with van der Waals surface area (Å²) in [6.45, 7) is 0.423. The minimum Gasteiger partial charge on any atom is -0.489 e. The molecule has 0 atom stereocenters. The molecule has 4 rings (SSSR count). The lowest BCUT2D eigenvalue weighted by molar-refractivity contribution is 0.108. The molecule has 0 bridgehead atoms. The Bertz CT molecular complexity index is 903. The third kappa shape index (κ3) is 2.73. The average molecular weight is 344 g/mol. The first-order valence-electron chi connectivity index (χ1n) is 7.40. The fourth-order valence-electron chi connectivity index (χ4n) is 2.85. The lowest BCUT2D eigenvalue weighted by Crippen LogP contribution is -2.07. The Morgan fingerprint density at radius 2 is 2.09 bits per heavy atom. The van der Waals surface area contributed by atoms with Crippen molar-refractivity contribution in [3.63, 3.8) is 0 Å². The van der Waals surface area contributed by atoms with Crippen LogP contribution in [-0.4, -0.2) is 15.9 Å². The predicted octanol–water partition coefficient (Wildman–Crippen LogP) is 4.83. The number of rotatable bonds is 3. The minimum atomic E-state index is 0.126. The van der Waals surface area contributed by atoms with Crippen LogP contribution >= 0.6 is 23.4 Å². The van der Waals surface area contributed by atoms with E-state index in [1.54, 1.807) is 0 Å². The highest BCUT2D eigenvalue weighted by Gasteiger charge is 2.22.